The zero-order valence-corrected chi connectivity index (χ0v) is 20.9. The maximum Gasteiger partial charge on any atom is 0.253 e. The average Bonchev–Trinajstić information content (AvgIpc) is 3.42. The van der Waals surface area contributed by atoms with Crippen molar-refractivity contribution in [1.82, 2.24) is 19.0 Å². The van der Waals surface area contributed by atoms with Crippen LogP contribution in [0.5, 0.6) is 0 Å². The lowest BCUT2D eigenvalue weighted by atomic mass is 10.1. The summed E-state index contributed by atoms with van der Waals surface area (Å²) in [5, 5.41) is 1.88. The maximum absolute atomic E-state index is 13.2. The van der Waals surface area contributed by atoms with Crippen LogP contribution in [0.25, 0.3) is 33.5 Å². The number of carbonyl (C=O) groups excluding carboxylic acids is 1. The zero-order valence-electron chi connectivity index (χ0n) is 20.2. The number of nitrogens with zero attached hydrogens (tertiary/aromatic N) is 4. The summed E-state index contributed by atoms with van der Waals surface area (Å²) in [7, 11) is 2.03. The van der Waals surface area contributed by atoms with E-state index in [2.05, 4.69) is 51.6 Å². The third kappa shape index (κ3) is 4.06. The van der Waals surface area contributed by atoms with Gasteiger partial charge in [-0.2, -0.15) is 0 Å². The van der Waals surface area contributed by atoms with Crippen LogP contribution in [0.1, 0.15) is 28.8 Å². The molecule has 0 aliphatic carbocycles. The summed E-state index contributed by atoms with van der Waals surface area (Å²) in [5.74, 6) is 0.885. The van der Waals surface area contributed by atoms with Crippen molar-refractivity contribution in [2.75, 3.05) is 13.1 Å². The van der Waals surface area contributed by atoms with Crippen LogP contribution in [0, 0.1) is 0 Å². The van der Waals surface area contributed by atoms with Gasteiger partial charge in [0.25, 0.3) is 5.91 Å². The second kappa shape index (κ2) is 9.12. The van der Waals surface area contributed by atoms with E-state index in [-0.39, 0.29) is 11.9 Å². The number of carbonyl (C=O) groups is 1. The number of hydrogen-bond donors (Lipinski definition) is 1. The molecule has 1 aliphatic heterocycles. The van der Waals surface area contributed by atoms with E-state index >= 15 is 0 Å². The Bertz CT molecular complexity index is 1580. The highest BCUT2D eigenvalue weighted by molar-refractivity contribution is 6.30. The minimum atomic E-state index is 0.0242. The molecule has 2 aromatic heterocycles. The first-order chi connectivity index (χ1) is 17.5. The fourth-order valence-electron chi connectivity index (χ4n) is 5.28. The molecule has 0 unspecified atom stereocenters. The number of amides is 1. The van der Waals surface area contributed by atoms with Gasteiger partial charge in [-0.1, -0.05) is 41.9 Å². The Hall–Kier alpha value is -3.61. The topological polar surface area (TPSA) is 69.1 Å². The lowest BCUT2D eigenvalue weighted by Crippen LogP contribution is -2.45. The number of nitrogens with two attached hydrogens (primary N) is 1. The molecule has 1 saturated heterocycles. The van der Waals surface area contributed by atoms with Gasteiger partial charge >= 0.3 is 0 Å². The summed E-state index contributed by atoms with van der Waals surface area (Å²) in [6, 6.07) is 24.4. The molecule has 6 rings (SSSR count). The van der Waals surface area contributed by atoms with Crippen LogP contribution in [0.4, 0.5) is 0 Å². The molecule has 1 aliphatic rings. The van der Waals surface area contributed by atoms with E-state index in [1.165, 1.54) is 0 Å². The molecule has 1 atom stereocenters. The van der Waals surface area contributed by atoms with E-state index in [1.54, 1.807) is 0 Å². The maximum atomic E-state index is 13.2. The Morgan fingerprint density at radius 2 is 1.86 bits per heavy atom. The van der Waals surface area contributed by atoms with E-state index in [1.807, 2.05) is 42.3 Å². The minimum absolute atomic E-state index is 0.0242. The number of rotatable bonds is 4. The van der Waals surface area contributed by atoms with Crippen molar-refractivity contribution in [2.24, 2.45) is 12.8 Å². The molecule has 0 spiro atoms. The first-order valence-corrected chi connectivity index (χ1v) is 12.7. The summed E-state index contributed by atoms with van der Waals surface area (Å²) < 4.78 is 4.40. The summed E-state index contributed by atoms with van der Waals surface area (Å²) in [4.78, 5) is 20.1. The van der Waals surface area contributed by atoms with Crippen molar-refractivity contribution in [3.05, 3.63) is 88.9 Å². The van der Waals surface area contributed by atoms with Gasteiger partial charge in [0, 0.05) is 54.2 Å². The molecule has 3 heterocycles. The Kier molecular flexibility index (Phi) is 5.78. The molecule has 36 heavy (non-hydrogen) atoms. The molecular weight excluding hydrogens is 470 g/mol. The van der Waals surface area contributed by atoms with Gasteiger partial charge in [-0.25, -0.2) is 4.98 Å². The minimum Gasteiger partial charge on any atom is -0.337 e. The Morgan fingerprint density at radius 3 is 2.67 bits per heavy atom. The van der Waals surface area contributed by atoms with E-state index < -0.39 is 0 Å². The van der Waals surface area contributed by atoms with Gasteiger partial charge in [0.1, 0.15) is 0 Å². The van der Waals surface area contributed by atoms with Gasteiger partial charge in [-0.05, 0) is 60.9 Å². The SMILES string of the molecule is Cn1c(-c2cc3ccccc3n2Cc2ccc(Cl)cc2)nc2cc(C(=O)N3CCC[C@@H](N)C3)ccc21. The number of piperidine rings is 1. The molecule has 1 amide bonds. The quantitative estimate of drug-likeness (QED) is 0.358. The first-order valence-electron chi connectivity index (χ1n) is 12.3. The summed E-state index contributed by atoms with van der Waals surface area (Å²) in [6.45, 7) is 2.06. The van der Waals surface area contributed by atoms with Crippen LogP contribution in [-0.4, -0.2) is 44.1 Å². The predicted octanol–water partition coefficient (Wildman–Crippen LogP) is 5.46. The van der Waals surface area contributed by atoms with Crippen molar-refractivity contribution < 1.29 is 4.79 Å². The second-order valence-corrected chi connectivity index (χ2v) is 10.1. The smallest absolute Gasteiger partial charge is 0.253 e. The summed E-state index contributed by atoms with van der Waals surface area (Å²) >= 11 is 6.12. The molecule has 3 aromatic carbocycles. The predicted molar refractivity (Wildman–Crippen MR) is 145 cm³/mol. The highest BCUT2D eigenvalue weighted by Gasteiger charge is 2.23. The molecule has 2 N–H and O–H groups in total. The fraction of sp³-hybridized carbons (Fsp3) is 0.241. The molecule has 0 bridgehead atoms. The Morgan fingerprint density at radius 1 is 1.06 bits per heavy atom. The number of para-hydroxylation sites is 1. The van der Waals surface area contributed by atoms with Crippen LogP contribution in [0.2, 0.25) is 5.02 Å². The van der Waals surface area contributed by atoms with Crippen LogP contribution >= 0.6 is 11.6 Å². The third-order valence-electron chi connectivity index (χ3n) is 7.17. The molecule has 1 fully saturated rings. The lowest BCUT2D eigenvalue weighted by molar-refractivity contribution is 0.0709. The molecule has 0 saturated carbocycles. The number of imidazole rings is 1. The van der Waals surface area contributed by atoms with Gasteiger partial charge < -0.3 is 19.8 Å². The van der Waals surface area contributed by atoms with Crippen LogP contribution in [0.3, 0.4) is 0 Å². The second-order valence-electron chi connectivity index (χ2n) is 9.65. The van der Waals surface area contributed by atoms with Gasteiger partial charge in [0.15, 0.2) is 5.82 Å². The molecular formula is C29H28ClN5O. The number of aryl methyl sites for hydroxylation is 1. The van der Waals surface area contributed by atoms with Crippen LogP contribution < -0.4 is 5.73 Å². The highest BCUT2D eigenvalue weighted by atomic mass is 35.5. The van der Waals surface area contributed by atoms with Crippen molar-refractivity contribution in [3.63, 3.8) is 0 Å². The van der Waals surface area contributed by atoms with Gasteiger partial charge in [0.2, 0.25) is 0 Å². The van der Waals surface area contributed by atoms with Gasteiger partial charge in [-0.3, -0.25) is 4.79 Å². The lowest BCUT2D eigenvalue weighted by Gasteiger charge is -2.30. The number of halogens is 1. The van der Waals surface area contributed by atoms with E-state index in [9.17, 15) is 4.79 Å². The number of benzene rings is 3. The summed E-state index contributed by atoms with van der Waals surface area (Å²) in [5.41, 5.74) is 11.9. The van der Waals surface area contributed by atoms with E-state index in [0.29, 0.717) is 18.7 Å². The Labute approximate surface area is 214 Å². The largest absolute Gasteiger partial charge is 0.337 e. The van der Waals surface area contributed by atoms with Gasteiger partial charge in [0.05, 0.1) is 16.7 Å². The monoisotopic (exact) mass is 497 g/mol. The zero-order chi connectivity index (χ0) is 24.8. The fourth-order valence-corrected chi connectivity index (χ4v) is 5.40. The first kappa shape index (κ1) is 22.8. The standard InChI is InChI=1S/C29H28ClN5O/c1-33-26-13-10-21(29(36)34-14-4-6-23(31)18-34)15-24(26)32-28(33)27-16-20-5-2-3-7-25(20)35(27)17-19-8-11-22(30)12-9-19/h2-3,5,7-13,15-16,23H,4,6,14,17-18,31H2,1H3/t23-/m1/s1. The molecule has 5 aromatic rings. The van der Waals surface area contributed by atoms with Crippen LogP contribution in [0.15, 0.2) is 72.8 Å². The summed E-state index contributed by atoms with van der Waals surface area (Å²) in [6.07, 6.45) is 1.91. The molecule has 0 radical (unpaired) electrons. The number of likely N-dealkylation sites (tertiary alicyclic amines) is 1. The van der Waals surface area contributed by atoms with Crippen molar-refractivity contribution in [2.45, 2.75) is 25.4 Å². The highest BCUT2D eigenvalue weighted by Crippen LogP contribution is 2.31. The number of aromatic nitrogens is 3. The van der Waals surface area contributed by atoms with Crippen molar-refractivity contribution >= 4 is 39.4 Å². The normalized spacial score (nSPS) is 16.2. The molecule has 6 nitrogen and oxygen atoms in total. The number of hydrogen-bond acceptors (Lipinski definition) is 3. The van der Waals surface area contributed by atoms with E-state index in [0.717, 1.165) is 63.4 Å². The third-order valence-corrected chi connectivity index (χ3v) is 7.42. The number of fused-ring (bicyclic) bond motifs is 2. The van der Waals surface area contributed by atoms with Crippen LogP contribution in [-0.2, 0) is 13.6 Å². The molecule has 182 valence electrons. The van der Waals surface area contributed by atoms with Gasteiger partial charge in [-0.15, -0.1) is 0 Å². The van der Waals surface area contributed by atoms with E-state index in [4.69, 9.17) is 22.3 Å². The van der Waals surface area contributed by atoms with Crippen molar-refractivity contribution in [1.29, 1.82) is 0 Å². The average molecular weight is 498 g/mol. The van der Waals surface area contributed by atoms with Crippen molar-refractivity contribution in [3.8, 4) is 11.5 Å². The molecule has 7 heteroatoms. The Balaban J connectivity index is 1.42.